The quantitative estimate of drug-likeness (QED) is 0.819. The summed E-state index contributed by atoms with van der Waals surface area (Å²) in [4.78, 5) is 7.59. The zero-order chi connectivity index (χ0) is 17.0. The number of hydrogen-bond acceptors (Lipinski definition) is 6. The van der Waals surface area contributed by atoms with Gasteiger partial charge >= 0.3 is 0 Å². The Morgan fingerprint density at radius 2 is 1.88 bits per heavy atom. The molecule has 2 saturated heterocycles. The van der Waals surface area contributed by atoms with Gasteiger partial charge in [-0.05, 0) is 58.9 Å². The van der Waals surface area contributed by atoms with E-state index in [1.807, 2.05) is 4.52 Å². The summed E-state index contributed by atoms with van der Waals surface area (Å²) >= 11 is 0. The highest BCUT2D eigenvalue weighted by molar-refractivity contribution is 5.69. The van der Waals surface area contributed by atoms with E-state index in [9.17, 15) is 0 Å². The normalized spacial score (nSPS) is 25.1. The zero-order valence-corrected chi connectivity index (χ0v) is 15.2. The van der Waals surface area contributed by atoms with Crippen LogP contribution < -0.4 is 4.90 Å². The van der Waals surface area contributed by atoms with Crippen LogP contribution >= 0.6 is 0 Å². The topological polar surface area (TPSA) is 52.8 Å². The molecule has 0 amide bonds. The highest BCUT2D eigenvalue weighted by Gasteiger charge is 2.42. The standard InChI is InChI=1S/C18H27N7/c1-22-7-5-18(6-8-22)12-24(10-9-23(18)2)16-11-15(14-3-4-14)21-25-13-19-20-17(16)25/h11,13-14H,3-10,12H2,1-2H3. The van der Waals surface area contributed by atoms with Crippen molar-refractivity contribution < 1.29 is 0 Å². The van der Waals surface area contributed by atoms with Gasteiger partial charge in [-0.15, -0.1) is 10.2 Å². The molecule has 0 bridgehead atoms. The molecule has 4 heterocycles. The van der Waals surface area contributed by atoms with Crippen molar-refractivity contribution in [1.29, 1.82) is 0 Å². The summed E-state index contributed by atoms with van der Waals surface area (Å²) in [5.41, 5.74) is 3.61. The van der Waals surface area contributed by atoms with Crippen molar-refractivity contribution in [2.45, 2.75) is 37.1 Å². The van der Waals surface area contributed by atoms with E-state index in [-0.39, 0.29) is 5.54 Å². The third kappa shape index (κ3) is 2.60. The Bertz CT molecular complexity index is 773. The van der Waals surface area contributed by atoms with Gasteiger partial charge in [0.05, 0.1) is 11.4 Å². The van der Waals surface area contributed by atoms with Crippen LogP contribution in [0, 0.1) is 0 Å². The minimum Gasteiger partial charge on any atom is -0.365 e. The fourth-order valence-electron chi connectivity index (χ4n) is 4.48. The Morgan fingerprint density at radius 3 is 2.64 bits per heavy atom. The van der Waals surface area contributed by atoms with Crippen LogP contribution in [0.3, 0.4) is 0 Å². The van der Waals surface area contributed by atoms with Crippen molar-refractivity contribution in [3.63, 3.8) is 0 Å². The lowest BCUT2D eigenvalue weighted by Gasteiger charge is -2.53. The Morgan fingerprint density at radius 1 is 1.08 bits per heavy atom. The summed E-state index contributed by atoms with van der Waals surface area (Å²) in [6, 6.07) is 2.29. The van der Waals surface area contributed by atoms with Gasteiger partial charge in [-0.2, -0.15) is 9.61 Å². The minimum absolute atomic E-state index is 0.283. The van der Waals surface area contributed by atoms with Gasteiger partial charge in [-0.1, -0.05) is 0 Å². The third-order valence-corrected chi connectivity index (χ3v) is 6.52. The number of piperazine rings is 1. The monoisotopic (exact) mass is 341 g/mol. The highest BCUT2D eigenvalue weighted by atomic mass is 15.4. The van der Waals surface area contributed by atoms with Crippen LogP contribution in [0.15, 0.2) is 12.4 Å². The van der Waals surface area contributed by atoms with E-state index in [1.165, 1.54) is 50.2 Å². The summed E-state index contributed by atoms with van der Waals surface area (Å²) in [5, 5.41) is 13.2. The molecule has 0 atom stereocenters. The molecule has 0 aromatic carbocycles. The second-order valence-corrected chi connectivity index (χ2v) is 8.20. The summed E-state index contributed by atoms with van der Waals surface area (Å²) < 4.78 is 1.88. The SMILES string of the molecule is CN1CCC2(CC1)CN(c1cc(C3CC3)nn3cnnc13)CCN2C. The lowest BCUT2D eigenvalue weighted by Crippen LogP contribution is -2.64. The Kier molecular flexibility index (Phi) is 3.50. The molecule has 5 rings (SSSR count). The van der Waals surface area contributed by atoms with Gasteiger partial charge in [-0.3, -0.25) is 4.90 Å². The molecule has 1 saturated carbocycles. The molecule has 1 spiro atoms. The van der Waals surface area contributed by atoms with Gasteiger partial charge in [0, 0.05) is 31.1 Å². The molecular formula is C18H27N7. The predicted molar refractivity (Wildman–Crippen MR) is 97.1 cm³/mol. The molecule has 0 N–H and O–H groups in total. The van der Waals surface area contributed by atoms with Gasteiger partial charge in [0.1, 0.15) is 6.33 Å². The average Bonchev–Trinajstić information content (AvgIpc) is 3.37. The van der Waals surface area contributed by atoms with Crippen LogP contribution in [-0.4, -0.2) is 82.0 Å². The number of fused-ring (bicyclic) bond motifs is 1. The first-order chi connectivity index (χ1) is 12.1. The number of likely N-dealkylation sites (N-methyl/N-ethyl adjacent to an activating group) is 1. The van der Waals surface area contributed by atoms with Crippen molar-refractivity contribution in [3.05, 3.63) is 18.1 Å². The van der Waals surface area contributed by atoms with E-state index in [0.29, 0.717) is 5.92 Å². The molecule has 7 nitrogen and oxygen atoms in total. The van der Waals surface area contributed by atoms with Crippen molar-refractivity contribution in [1.82, 2.24) is 29.6 Å². The predicted octanol–water partition coefficient (Wildman–Crippen LogP) is 1.22. The van der Waals surface area contributed by atoms with Crippen molar-refractivity contribution in [2.75, 3.05) is 51.7 Å². The molecule has 3 fully saturated rings. The molecule has 25 heavy (non-hydrogen) atoms. The molecule has 0 unspecified atom stereocenters. The van der Waals surface area contributed by atoms with Gasteiger partial charge in [0.2, 0.25) is 5.65 Å². The number of anilines is 1. The number of aromatic nitrogens is 4. The maximum atomic E-state index is 4.73. The number of rotatable bonds is 2. The smallest absolute Gasteiger partial charge is 0.200 e. The number of piperidine rings is 1. The molecule has 1 aliphatic carbocycles. The second kappa shape index (κ2) is 5.64. The van der Waals surface area contributed by atoms with Crippen molar-refractivity contribution in [3.8, 4) is 0 Å². The zero-order valence-electron chi connectivity index (χ0n) is 15.2. The first-order valence-electron chi connectivity index (χ1n) is 9.50. The van der Waals surface area contributed by atoms with E-state index >= 15 is 0 Å². The Hall–Kier alpha value is -1.73. The van der Waals surface area contributed by atoms with Crippen LogP contribution in [-0.2, 0) is 0 Å². The second-order valence-electron chi connectivity index (χ2n) is 8.20. The van der Waals surface area contributed by atoms with Crippen LogP contribution in [0.2, 0.25) is 0 Å². The van der Waals surface area contributed by atoms with Crippen LogP contribution in [0.25, 0.3) is 5.65 Å². The fourth-order valence-corrected chi connectivity index (χ4v) is 4.48. The van der Waals surface area contributed by atoms with E-state index in [2.05, 4.69) is 45.1 Å². The first kappa shape index (κ1) is 15.5. The van der Waals surface area contributed by atoms with Crippen molar-refractivity contribution in [2.24, 2.45) is 0 Å². The molecule has 2 aromatic heterocycles. The van der Waals surface area contributed by atoms with Crippen LogP contribution in [0.5, 0.6) is 0 Å². The maximum Gasteiger partial charge on any atom is 0.200 e. The highest BCUT2D eigenvalue weighted by Crippen LogP contribution is 2.41. The lowest BCUT2D eigenvalue weighted by atomic mass is 9.83. The molecule has 3 aliphatic rings. The van der Waals surface area contributed by atoms with Gasteiger partial charge in [0.25, 0.3) is 0 Å². The molecule has 2 aliphatic heterocycles. The van der Waals surface area contributed by atoms with E-state index in [0.717, 1.165) is 25.3 Å². The fraction of sp³-hybridized carbons (Fsp3) is 0.722. The van der Waals surface area contributed by atoms with Gasteiger partial charge < -0.3 is 9.80 Å². The Balaban J connectivity index is 1.50. The van der Waals surface area contributed by atoms with E-state index in [1.54, 1.807) is 6.33 Å². The summed E-state index contributed by atoms with van der Waals surface area (Å²) in [7, 11) is 4.54. The number of nitrogens with zero attached hydrogens (tertiary/aromatic N) is 7. The average molecular weight is 341 g/mol. The first-order valence-corrected chi connectivity index (χ1v) is 9.50. The molecular weight excluding hydrogens is 314 g/mol. The van der Waals surface area contributed by atoms with Crippen LogP contribution in [0.1, 0.15) is 37.3 Å². The summed E-state index contributed by atoms with van der Waals surface area (Å²) in [6.45, 7) is 5.59. The molecule has 2 aromatic rings. The summed E-state index contributed by atoms with van der Waals surface area (Å²) in [5.74, 6) is 0.635. The third-order valence-electron chi connectivity index (χ3n) is 6.52. The summed E-state index contributed by atoms with van der Waals surface area (Å²) in [6.07, 6.45) is 6.74. The lowest BCUT2D eigenvalue weighted by molar-refractivity contribution is 0.0386. The maximum absolute atomic E-state index is 4.73. The Labute approximate surface area is 148 Å². The number of likely N-dealkylation sites (tertiary alicyclic amines) is 1. The van der Waals surface area contributed by atoms with Crippen LogP contribution in [0.4, 0.5) is 5.69 Å². The van der Waals surface area contributed by atoms with E-state index in [4.69, 9.17) is 5.10 Å². The van der Waals surface area contributed by atoms with Gasteiger partial charge in [-0.25, -0.2) is 0 Å². The molecule has 7 heteroatoms. The molecule has 134 valence electrons. The molecule has 0 radical (unpaired) electrons. The van der Waals surface area contributed by atoms with Gasteiger partial charge in [0.15, 0.2) is 0 Å². The largest absolute Gasteiger partial charge is 0.365 e. The minimum atomic E-state index is 0.283. The van der Waals surface area contributed by atoms with Crippen molar-refractivity contribution >= 4 is 11.3 Å². The number of hydrogen-bond donors (Lipinski definition) is 0. The van der Waals surface area contributed by atoms with E-state index < -0.39 is 0 Å².